The van der Waals surface area contributed by atoms with Crippen LogP contribution in [0.1, 0.15) is 136 Å². The van der Waals surface area contributed by atoms with Crippen LogP contribution < -0.4 is 0 Å². The zero-order valence-corrected chi connectivity index (χ0v) is 32.9. The third-order valence-electron chi connectivity index (χ3n) is 8.66. The summed E-state index contributed by atoms with van der Waals surface area (Å²) in [6.45, 7) is 3.54. The van der Waals surface area contributed by atoms with Gasteiger partial charge in [-0.1, -0.05) is 114 Å². The van der Waals surface area contributed by atoms with E-state index in [1.165, 1.54) is 38.5 Å². The lowest BCUT2D eigenvalue weighted by atomic mass is 10.00. The predicted molar refractivity (Wildman–Crippen MR) is 206 cm³/mol. The van der Waals surface area contributed by atoms with Gasteiger partial charge in [0.2, 0.25) is 0 Å². The number of esters is 2. The van der Waals surface area contributed by atoms with Crippen LogP contribution in [0, 0.1) is 0 Å². The lowest BCUT2D eigenvalue weighted by Crippen LogP contribution is -2.60. The summed E-state index contributed by atoms with van der Waals surface area (Å²) in [6, 6.07) is 0. The fourth-order valence-electron chi connectivity index (χ4n) is 5.59. The average molecular weight is 773 g/mol. The summed E-state index contributed by atoms with van der Waals surface area (Å²) < 4.78 is 53.7. The number of unbranched alkanes of at least 4 members (excludes halogenated alkanes) is 11. The highest BCUT2D eigenvalue weighted by molar-refractivity contribution is 7.85. The maximum absolute atomic E-state index is 12.7. The van der Waals surface area contributed by atoms with Crippen molar-refractivity contribution in [3.05, 3.63) is 48.6 Å². The summed E-state index contributed by atoms with van der Waals surface area (Å²) in [4.78, 5) is 25.2. The first-order valence-electron chi connectivity index (χ1n) is 19.7. The van der Waals surface area contributed by atoms with Crippen LogP contribution in [0.3, 0.4) is 0 Å². The molecule has 4 N–H and O–H groups in total. The zero-order chi connectivity index (χ0) is 39.2. The van der Waals surface area contributed by atoms with Gasteiger partial charge in [0.05, 0.1) is 6.61 Å². The van der Waals surface area contributed by atoms with Gasteiger partial charge in [-0.3, -0.25) is 14.1 Å². The Morgan fingerprint density at radius 2 is 1.23 bits per heavy atom. The third kappa shape index (κ3) is 26.1. The molecule has 53 heavy (non-hydrogen) atoms. The standard InChI is InChI=1S/C40H68O12S/c1-3-5-7-9-11-13-15-17-19-21-23-25-27-29-36(42)51-33(31-50-40-39(45)38(44)37(43)34(52-40)32-53(46,47)48)30-49-35(41)28-26-24-22-20-18-16-14-12-10-8-6-4-2/h6,8,12,14,17,19,23,25,33-34,37-40,43-45H,3-5,7,9-11,13,15-16,18,20-22,24,26-32H2,1-2H3,(H,46,47,48)/b8-6+,14-12+,19-17+,25-23+/t33?,34-,37-,38?,39?,40+/m1/s1. The van der Waals surface area contributed by atoms with E-state index in [1.54, 1.807) is 0 Å². The number of hydrogen-bond acceptors (Lipinski definition) is 11. The van der Waals surface area contributed by atoms with Crippen LogP contribution >= 0.6 is 0 Å². The second kappa shape index (κ2) is 30.9. The number of carbonyl (C=O) groups is 2. The Bertz CT molecular complexity index is 1180. The van der Waals surface area contributed by atoms with Crippen molar-refractivity contribution < 1.29 is 56.8 Å². The molecule has 0 bridgehead atoms. The van der Waals surface area contributed by atoms with E-state index >= 15 is 0 Å². The number of rotatable bonds is 31. The molecule has 0 radical (unpaired) electrons. The van der Waals surface area contributed by atoms with Gasteiger partial charge in [-0.25, -0.2) is 0 Å². The van der Waals surface area contributed by atoms with Crippen molar-refractivity contribution in [2.75, 3.05) is 19.0 Å². The van der Waals surface area contributed by atoms with Gasteiger partial charge >= 0.3 is 11.9 Å². The van der Waals surface area contributed by atoms with Gasteiger partial charge in [0.25, 0.3) is 10.1 Å². The summed E-state index contributed by atoms with van der Waals surface area (Å²) in [6.07, 6.45) is 24.8. The molecule has 1 rings (SSSR count). The molecule has 0 spiro atoms. The molecule has 3 unspecified atom stereocenters. The highest BCUT2D eigenvalue weighted by Gasteiger charge is 2.46. The van der Waals surface area contributed by atoms with E-state index in [-0.39, 0.29) is 19.4 Å². The molecule has 0 aromatic rings. The van der Waals surface area contributed by atoms with Gasteiger partial charge in [0, 0.05) is 12.8 Å². The molecule has 12 nitrogen and oxygen atoms in total. The fourth-order valence-corrected chi connectivity index (χ4v) is 6.28. The van der Waals surface area contributed by atoms with Gasteiger partial charge < -0.3 is 34.3 Å². The minimum Gasteiger partial charge on any atom is -0.462 e. The first-order valence-corrected chi connectivity index (χ1v) is 21.3. The van der Waals surface area contributed by atoms with E-state index in [2.05, 4.69) is 50.3 Å². The van der Waals surface area contributed by atoms with Crippen molar-refractivity contribution in [2.45, 2.75) is 173 Å². The van der Waals surface area contributed by atoms with Gasteiger partial charge in [0.1, 0.15) is 36.8 Å². The van der Waals surface area contributed by atoms with E-state index in [9.17, 15) is 37.9 Å². The van der Waals surface area contributed by atoms with Crippen LogP contribution in [0.2, 0.25) is 0 Å². The van der Waals surface area contributed by atoms with Gasteiger partial charge in [-0.2, -0.15) is 8.42 Å². The van der Waals surface area contributed by atoms with Crippen molar-refractivity contribution in [1.82, 2.24) is 0 Å². The largest absolute Gasteiger partial charge is 0.462 e. The van der Waals surface area contributed by atoms with Crippen LogP contribution in [0.25, 0.3) is 0 Å². The normalized spacial score (nSPS) is 21.7. The van der Waals surface area contributed by atoms with Gasteiger partial charge in [-0.15, -0.1) is 0 Å². The van der Waals surface area contributed by atoms with Crippen LogP contribution in [0.15, 0.2) is 48.6 Å². The molecule has 1 aliphatic heterocycles. The van der Waals surface area contributed by atoms with Crippen molar-refractivity contribution in [3.63, 3.8) is 0 Å². The lowest BCUT2D eigenvalue weighted by Gasteiger charge is -2.40. The molecule has 306 valence electrons. The first-order chi connectivity index (χ1) is 25.5. The molecule has 0 aromatic carbocycles. The topological polar surface area (TPSA) is 186 Å². The van der Waals surface area contributed by atoms with Crippen molar-refractivity contribution in [3.8, 4) is 0 Å². The maximum atomic E-state index is 12.7. The molecule has 13 heteroatoms. The van der Waals surface area contributed by atoms with Crippen LogP contribution in [-0.4, -0.2) is 96.0 Å². The molecule has 0 aromatic heterocycles. The first kappa shape index (κ1) is 48.6. The fraction of sp³-hybridized carbons (Fsp3) is 0.750. The number of aliphatic hydroxyl groups excluding tert-OH is 3. The third-order valence-corrected chi connectivity index (χ3v) is 9.41. The van der Waals surface area contributed by atoms with Crippen molar-refractivity contribution in [1.29, 1.82) is 0 Å². The Kier molecular flexibility index (Phi) is 28.3. The maximum Gasteiger partial charge on any atom is 0.306 e. The zero-order valence-electron chi connectivity index (χ0n) is 32.1. The minimum atomic E-state index is -4.61. The summed E-state index contributed by atoms with van der Waals surface area (Å²) in [5.41, 5.74) is 0. The number of carbonyl (C=O) groups excluding carboxylic acids is 2. The molecule has 0 aliphatic carbocycles. The van der Waals surface area contributed by atoms with E-state index in [0.717, 1.165) is 57.8 Å². The Balaban J connectivity index is 2.57. The molecule has 0 amide bonds. The molecule has 1 fully saturated rings. The van der Waals surface area contributed by atoms with Crippen LogP contribution in [0.5, 0.6) is 0 Å². The highest BCUT2D eigenvalue weighted by Crippen LogP contribution is 2.23. The minimum absolute atomic E-state index is 0.0536. The quantitative estimate of drug-likeness (QED) is 0.0250. The molecule has 1 saturated heterocycles. The average Bonchev–Trinajstić information content (AvgIpc) is 3.12. The van der Waals surface area contributed by atoms with Crippen LogP contribution in [0.4, 0.5) is 0 Å². The Morgan fingerprint density at radius 3 is 1.83 bits per heavy atom. The van der Waals surface area contributed by atoms with E-state index in [1.807, 2.05) is 12.2 Å². The van der Waals surface area contributed by atoms with E-state index in [4.69, 9.17) is 18.9 Å². The Hall–Kier alpha value is -2.39. The summed E-state index contributed by atoms with van der Waals surface area (Å²) in [5, 5.41) is 30.7. The predicted octanol–water partition coefficient (Wildman–Crippen LogP) is 6.83. The molecular formula is C40H68O12S. The number of ether oxygens (including phenoxy) is 4. The molecular weight excluding hydrogens is 704 g/mol. The Morgan fingerprint density at radius 1 is 0.660 bits per heavy atom. The SMILES string of the molecule is CC/C=C/C/C=C/CCCCCCCC(=O)OCC(CO[C@H]1O[C@H](CS(=O)(=O)O)[C@@H](O)C(O)C1O)OC(=O)CC/C=C/C/C=C/CCCCCCCC. The summed E-state index contributed by atoms with van der Waals surface area (Å²) in [5.74, 6) is -2.10. The highest BCUT2D eigenvalue weighted by atomic mass is 32.2. The number of allylic oxidation sites excluding steroid dienone is 8. The number of hydrogen-bond donors (Lipinski definition) is 4. The number of aliphatic hydroxyl groups is 3. The van der Waals surface area contributed by atoms with E-state index in [0.29, 0.717) is 12.8 Å². The monoisotopic (exact) mass is 772 g/mol. The smallest absolute Gasteiger partial charge is 0.306 e. The Labute approximate surface area is 318 Å². The molecule has 1 heterocycles. The van der Waals surface area contributed by atoms with Gasteiger partial charge in [0.15, 0.2) is 12.4 Å². The van der Waals surface area contributed by atoms with Crippen molar-refractivity contribution >= 4 is 22.1 Å². The summed E-state index contributed by atoms with van der Waals surface area (Å²) in [7, 11) is -4.61. The second-order valence-electron chi connectivity index (χ2n) is 13.6. The molecule has 1 aliphatic rings. The van der Waals surface area contributed by atoms with Crippen LogP contribution in [-0.2, 0) is 38.7 Å². The molecule has 6 atom stereocenters. The second-order valence-corrected chi connectivity index (χ2v) is 15.1. The summed E-state index contributed by atoms with van der Waals surface area (Å²) >= 11 is 0. The molecule has 0 saturated carbocycles. The van der Waals surface area contributed by atoms with Gasteiger partial charge in [-0.05, 0) is 57.8 Å². The lowest BCUT2D eigenvalue weighted by molar-refractivity contribution is -0.297. The van der Waals surface area contributed by atoms with Crippen molar-refractivity contribution in [2.24, 2.45) is 0 Å². The van der Waals surface area contributed by atoms with E-state index < -0.39 is 71.2 Å².